The van der Waals surface area contributed by atoms with Gasteiger partial charge in [0, 0.05) is 19.0 Å². The van der Waals surface area contributed by atoms with E-state index < -0.39 is 6.10 Å². The van der Waals surface area contributed by atoms with Crippen LogP contribution in [0.3, 0.4) is 0 Å². The van der Waals surface area contributed by atoms with Crippen molar-refractivity contribution in [3.05, 3.63) is 39.8 Å². The highest BCUT2D eigenvalue weighted by Crippen LogP contribution is 2.41. The third-order valence-electron chi connectivity index (χ3n) is 4.01. The van der Waals surface area contributed by atoms with Crippen LogP contribution in [0, 0.1) is 5.92 Å². The summed E-state index contributed by atoms with van der Waals surface area (Å²) in [5.74, 6) is 0.804. The minimum absolute atomic E-state index is 0.142. The summed E-state index contributed by atoms with van der Waals surface area (Å²) >= 11 is 1.54. The molecule has 1 atom stereocenters. The predicted molar refractivity (Wildman–Crippen MR) is 90.7 cm³/mol. The number of nitrogens with one attached hydrogen (secondary N) is 1. The van der Waals surface area contributed by atoms with Crippen LogP contribution in [-0.2, 0) is 6.54 Å². The van der Waals surface area contributed by atoms with Gasteiger partial charge in [-0.15, -0.1) is 0 Å². The number of carbonyl (C=O) groups excluding carboxylic acids is 1. The molecule has 2 aromatic rings. The van der Waals surface area contributed by atoms with Gasteiger partial charge in [0.25, 0.3) is 5.91 Å². The molecule has 0 aromatic carbocycles. The van der Waals surface area contributed by atoms with E-state index in [-0.39, 0.29) is 12.5 Å². The first-order valence-corrected chi connectivity index (χ1v) is 9.04. The van der Waals surface area contributed by atoms with Gasteiger partial charge in [0.05, 0.1) is 23.6 Å². The first-order chi connectivity index (χ1) is 11.1. The van der Waals surface area contributed by atoms with E-state index in [9.17, 15) is 9.90 Å². The lowest BCUT2D eigenvalue weighted by Gasteiger charge is -2.13. The highest BCUT2D eigenvalue weighted by molar-refractivity contribution is 7.07. The number of thiophene rings is 1. The van der Waals surface area contributed by atoms with Crippen molar-refractivity contribution in [2.24, 2.45) is 5.92 Å². The predicted octanol–water partition coefficient (Wildman–Crippen LogP) is 2.94. The van der Waals surface area contributed by atoms with Crippen molar-refractivity contribution < 1.29 is 9.90 Å². The average Bonchev–Trinajstić information content (AvgIpc) is 3.03. The average molecular weight is 333 g/mol. The molecule has 0 aliphatic heterocycles. The molecule has 1 aliphatic rings. The van der Waals surface area contributed by atoms with E-state index >= 15 is 0 Å². The first-order valence-electron chi connectivity index (χ1n) is 8.10. The Morgan fingerprint density at radius 3 is 2.91 bits per heavy atom. The number of aromatic nitrogens is 2. The molecule has 2 N–H and O–H groups in total. The highest BCUT2D eigenvalue weighted by atomic mass is 32.1. The van der Waals surface area contributed by atoms with E-state index in [2.05, 4.69) is 24.3 Å². The molecule has 1 unspecified atom stereocenters. The van der Waals surface area contributed by atoms with Crippen LogP contribution in [0.25, 0.3) is 0 Å². The van der Waals surface area contributed by atoms with Gasteiger partial charge in [-0.3, -0.25) is 9.48 Å². The summed E-state index contributed by atoms with van der Waals surface area (Å²) < 4.78 is 1.98. The van der Waals surface area contributed by atoms with Gasteiger partial charge in [0.2, 0.25) is 0 Å². The van der Waals surface area contributed by atoms with Crippen molar-refractivity contribution >= 4 is 17.2 Å². The van der Waals surface area contributed by atoms with Gasteiger partial charge in [-0.1, -0.05) is 13.8 Å². The molecule has 5 nitrogen and oxygen atoms in total. The first kappa shape index (κ1) is 16.2. The molecule has 1 fully saturated rings. The lowest BCUT2D eigenvalue weighted by Crippen LogP contribution is -2.29. The number of aliphatic hydroxyl groups excluding tert-OH is 1. The summed E-state index contributed by atoms with van der Waals surface area (Å²) in [6.07, 6.45) is 3.26. The second kappa shape index (κ2) is 6.84. The van der Waals surface area contributed by atoms with Crippen LogP contribution in [-0.4, -0.2) is 27.3 Å². The van der Waals surface area contributed by atoms with Gasteiger partial charge < -0.3 is 10.4 Å². The second-order valence-corrected chi connectivity index (χ2v) is 7.36. The molecule has 1 saturated carbocycles. The quantitative estimate of drug-likeness (QED) is 0.818. The molecule has 124 valence electrons. The largest absolute Gasteiger partial charge is 0.387 e. The Hall–Kier alpha value is -1.66. The van der Waals surface area contributed by atoms with E-state index in [0.717, 1.165) is 30.6 Å². The summed E-state index contributed by atoms with van der Waals surface area (Å²) in [4.78, 5) is 12.5. The van der Waals surface area contributed by atoms with E-state index in [4.69, 9.17) is 0 Å². The Balaban J connectivity index is 1.68. The summed E-state index contributed by atoms with van der Waals surface area (Å²) in [6.45, 7) is 5.34. The Labute approximate surface area is 140 Å². The fraction of sp³-hybridized carbons (Fsp3) is 0.529. The van der Waals surface area contributed by atoms with Gasteiger partial charge >= 0.3 is 0 Å². The van der Waals surface area contributed by atoms with Crippen molar-refractivity contribution in [1.82, 2.24) is 15.1 Å². The zero-order valence-electron chi connectivity index (χ0n) is 13.5. The highest BCUT2D eigenvalue weighted by Gasteiger charge is 2.32. The lowest BCUT2D eigenvalue weighted by atomic mass is 10.1. The monoisotopic (exact) mass is 333 g/mol. The molecule has 6 heteroatoms. The molecule has 2 heterocycles. The van der Waals surface area contributed by atoms with Crippen molar-refractivity contribution in [2.45, 2.75) is 45.3 Å². The summed E-state index contributed by atoms with van der Waals surface area (Å²) in [6, 6.07) is 1.87. The minimum atomic E-state index is -0.666. The summed E-state index contributed by atoms with van der Waals surface area (Å²) in [5.41, 5.74) is 2.56. The van der Waals surface area contributed by atoms with Crippen LogP contribution in [0.15, 0.2) is 23.0 Å². The molecule has 0 radical (unpaired) electrons. The van der Waals surface area contributed by atoms with Gasteiger partial charge in [-0.2, -0.15) is 16.4 Å². The molecule has 0 bridgehead atoms. The number of carbonyl (C=O) groups is 1. The fourth-order valence-corrected chi connectivity index (χ4v) is 3.42. The van der Waals surface area contributed by atoms with E-state index in [0.29, 0.717) is 17.4 Å². The SMILES string of the molecule is CC(C)Cn1ncc(C(=O)NCC(O)c2ccsc2)c1C1CC1. The molecular weight excluding hydrogens is 310 g/mol. The Morgan fingerprint density at radius 2 is 2.30 bits per heavy atom. The van der Waals surface area contributed by atoms with Crippen LogP contribution < -0.4 is 5.32 Å². The van der Waals surface area contributed by atoms with Crippen molar-refractivity contribution in [1.29, 1.82) is 0 Å². The van der Waals surface area contributed by atoms with E-state index in [1.54, 1.807) is 6.20 Å². The molecule has 2 aromatic heterocycles. The third kappa shape index (κ3) is 3.82. The molecular formula is C17H23N3O2S. The van der Waals surface area contributed by atoms with Crippen LogP contribution in [0.4, 0.5) is 0 Å². The number of aliphatic hydroxyl groups is 1. The van der Waals surface area contributed by atoms with Gasteiger partial charge in [0.1, 0.15) is 0 Å². The number of hydrogen-bond acceptors (Lipinski definition) is 4. The number of nitrogens with zero attached hydrogens (tertiary/aromatic N) is 2. The minimum Gasteiger partial charge on any atom is -0.387 e. The molecule has 0 saturated heterocycles. The van der Waals surface area contributed by atoms with E-state index in [1.165, 1.54) is 11.3 Å². The molecule has 1 aliphatic carbocycles. The maximum Gasteiger partial charge on any atom is 0.254 e. The van der Waals surface area contributed by atoms with Crippen LogP contribution in [0.2, 0.25) is 0 Å². The maximum atomic E-state index is 12.5. The second-order valence-electron chi connectivity index (χ2n) is 6.58. The van der Waals surface area contributed by atoms with Crippen LogP contribution in [0.5, 0.6) is 0 Å². The number of hydrogen-bond donors (Lipinski definition) is 2. The van der Waals surface area contributed by atoms with Crippen molar-refractivity contribution in [3.63, 3.8) is 0 Å². The van der Waals surface area contributed by atoms with Gasteiger partial charge in [-0.25, -0.2) is 0 Å². The van der Waals surface area contributed by atoms with Gasteiger partial charge in [0.15, 0.2) is 0 Å². The Bertz CT molecular complexity index is 659. The normalized spacial score (nSPS) is 15.8. The van der Waals surface area contributed by atoms with Crippen LogP contribution >= 0.6 is 11.3 Å². The van der Waals surface area contributed by atoms with E-state index in [1.807, 2.05) is 21.5 Å². The van der Waals surface area contributed by atoms with Crippen molar-refractivity contribution in [3.8, 4) is 0 Å². The maximum absolute atomic E-state index is 12.5. The van der Waals surface area contributed by atoms with Gasteiger partial charge in [-0.05, 0) is 41.1 Å². The summed E-state index contributed by atoms with van der Waals surface area (Å²) in [5, 5.41) is 21.2. The topological polar surface area (TPSA) is 67.2 Å². The third-order valence-corrected chi connectivity index (χ3v) is 4.71. The smallest absolute Gasteiger partial charge is 0.254 e. The molecule has 0 spiro atoms. The molecule has 1 amide bonds. The Kier molecular flexibility index (Phi) is 4.82. The molecule has 3 rings (SSSR count). The fourth-order valence-electron chi connectivity index (χ4n) is 2.72. The summed E-state index contributed by atoms with van der Waals surface area (Å²) in [7, 11) is 0. The Morgan fingerprint density at radius 1 is 1.52 bits per heavy atom. The molecule has 23 heavy (non-hydrogen) atoms. The van der Waals surface area contributed by atoms with Crippen LogP contribution in [0.1, 0.15) is 60.3 Å². The number of rotatable bonds is 7. The van der Waals surface area contributed by atoms with Crippen molar-refractivity contribution in [2.75, 3.05) is 6.54 Å². The number of amides is 1. The standard InChI is InChI=1S/C17H23N3O2S/c1-11(2)9-20-16(12-3-4-12)14(7-19-20)17(22)18-8-15(21)13-5-6-23-10-13/h5-7,10-12,15,21H,3-4,8-9H2,1-2H3,(H,18,22). The zero-order chi connectivity index (χ0) is 16.4. The zero-order valence-corrected chi connectivity index (χ0v) is 14.3. The lowest BCUT2D eigenvalue weighted by molar-refractivity contribution is 0.0915.